The van der Waals surface area contributed by atoms with Gasteiger partial charge in [-0.05, 0) is 19.9 Å². The predicted octanol–water partition coefficient (Wildman–Crippen LogP) is 2.81. The number of halogens is 2. The van der Waals surface area contributed by atoms with Crippen molar-refractivity contribution in [3.63, 3.8) is 0 Å². The number of imidazole rings is 1. The average Bonchev–Trinajstić information content (AvgIpc) is 2.83. The van der Waals surface area contributed by atoms with Crippen LogP contribution in [0, 0.1) is 19.7 Å². The summed E-state index contributed by atoms with van der Waals surface area (Å²) in [7, 11) is 1.90. The first kappa shape index (κ1) is 13.9. The standard InChI is InChI=1S/C14H15ClFN5/c1-7-9(8(2)20(3)19-7)6-21-13-4-10(15)11(16)5-12(13)18-14(21)17/h4-5H,6H2,1-3H3,(H2,17,18). The summed E-state index contributed by atoms with van der Waals surface area (Å²) in [5.41, 5.74) is 10.2. The van der Waals surface area contributed by atoms with Crippen molar-refractivity contribution in [2.75, 3.05) is 5.73 Å². The Morgan fingerprint density at radius 3 is 2.67 bits per heavy atom. The van der Waals surface area contributed by atoms with Crippen LogP contribution in [0.4, 0.5) is 10.3 Å². The third kappa shape index (κ3) is 2.15. The third-order valence-electron chi connectivity index (χ3n) is 3.79. The molecule has 5 nitrogen and oxygen atoms in total. The topological polar surface area (TPSA) is 61.7 Å². The van der Waals surface area contributed by atoms with Crippen molar-refractivity contribution in [3.8, 4) is 0 Å². The fourth-order valence-corrected chi connectivity index (χ4v) is 2.67. The molecule has 0 radical (unpaired) electrons. The van der Waals surface area contributed by atoms with Gasteiger partial charge in [0.2, 0.25) is 5.95 Å². The fourth-order valence-electron chi connectivity index (χ4n) is 2.51. The molecule has 2 aromatic heterocycles. The second kappa shape index (κ2) is 4.73. The molecule has 0 bridgehead atoms. The van der Waals surface area contributed by atoms with Gasteiger partial charge < -0.3 is 10.3 Å². The highest BCUT2D eigenvalue weighted by molar-refractivity contribution is 6.31. The molecular weight excluding hydrogens is 293 g/mol. The van der Waals surface area contributed by atoms with Crippen LogP contribution in [-0.4, -0.2) is 19.3 Å². The Kier molecular flexibility index (Phi) is 3.13. The molecule has 0 spiro atoms. The zero-order valence-electron chi connectivity index (χ0n) is 12.0. The largest absolute Gasteiger partial charge is 0.369 e. The smallest absolute Gasteiger partial charge is 0.201 e. The van der Waals surface area contributed by atoms with Gasteiger partial charge in [0, 0.05) is 24.4 Å². The highest BCUT2D eigenvalue weighted by Gasteiger charge is 2.16. The molecule has 2 N–H and O–H groups in total. The molecular formula is C14H15ClFN5. The van der Waals surface area contributed by atoms with E-state index in [2.05, 4.69) is 10.1 Å². The van der Waals surface area contributed by atoms with Crippen LogP contribution >= 0.6 is 11.6 Å². The van der Waals surface area contributed by atoms with E-state index in [1.54, 1.807) is 6.07 Å². The van der Waals surface area contributed by atoms with E-state index in [1.165, 1.54) is 6.07 Å². The lowest BCUT2D eigenvalue weighted by Gasteiger charge is -2.07. The molecule has 2 heterocycles. The highest BCUT2D eigenvalue weighted by atomic mass is 35.5. The van der Waals surface area contributed by atoms with E-state index in [4.69, 9.17) is 17.3 Å². The van der Waals surface area contributed by atoms with E-state index >= 15 is 0 Å². The molecule has 1 aromatic carbocycles. The monoisotopic (exact) mass is 307 g/mol. The number of aromatic nitrogens is 4. The van der Waals surface area contributed by atoms with Crippen LogP contribution in [-0.2, 0) is 13.6 Å². The number of hydrogen-bond acceptors (Lipinski definition) is 3. The number of fused-ring (bicyclic) bond motifs is 1. The lowest BCUT2D eigenvalue weighted by molar-refractivity contribution is 0.629. The van der Waals surface area contributed by atoms with Gasteiger partial charge in [-0.1, -0.05) is 11.6 Å². The lowest BCUT2D eigenvalue weighted by Crippen LogP contribution is -2.06. The number of nitrogens with two attached hydrogens (primary N) is 1. The van der Waals surface area contributed by atoms with E-state index in [0.29, 0.717) is 23.5 Å². The first-order chi connectivity index (χ1) is 9.88. The van der Waals surface area contributed by atoms with Crippen molar-refractivity contribution in [2.45, 2.75) is 20.4 Å². The van der Waals surface area contributed by atoms with Crippen LogP contribution in [0.15, 0.2) is 12.1 Å². The van der Waals surface area contributed by atoms with Gasteiger partial charge in [-0.3, -0.25) is 4.68 Å². The Morgan fingerprint density at radius 2 is 2.05 bits per heavy atom. The molecule has 3 rings (SSSR count). The Labute approximate surface area is 126 Å². The van der Waals surface area contributed by atoms with Gasteiger partial charge in [0.1, 0.15) is 5.82 Å². The Balaban J connectivity index is 2.16. The highest BCUT2D eigenvalue weighted by Crippen LogP contribution is 2.26. The van der Waals surface area contributed by atoms with Gasteiger partial charge in [-0.25, -0.2) is 9.37 Å². The molecule has 0 aliphatic heterocycles. The van der Waals surface area contributed by atoms with Gasteiger partial charge in [-0.2, -0.15) is 5.10 Å². The van der Waals surface area contributed by atoms with Gasteiger partial charge >= 0.3 is 0 Å². The maximum Gasteiger partial charge on any atom is 0.201 e. The molecule has 21 heavy (non-hydrogen) atoms. The lowest BCUT2D eigenvalue weighted by atomic mass is 10.2. The van der Waals surface area contributed by atoms with Gasteiger partial charge in [0.15, 0.2) is 0 Å². The number of nitrogen functional groups attached to an aromatic ring is 1. The molecule has 0 fully saturated rings. The Morgan fingerprint density at radius 1 is 1.33 bits per heavy atom. The van der Waals surface area contributed by atoms with Crippen molar-refractivity contribution < 1.29 is 4.39 Å². The molecule has 7 heteroatoms. The van der Waals surface area contributed by atoms with Crippen molar-refractivity contribution in [1.82, 2.24) is 19.3 Å². The summed E-state index contributed by atoms with van der Waals surface area (Å²) in [5.74, 6) is -0.170. The minimum Gasteiger partial charge on any atom is -0.369 e. The summed E-state index contributed by atoms with van der Waals surface area (Å²) in [6.45, 7) is 4.47. The fraction of sp³-hybridized carbons (Fsp3) is 0.286. The molecule has 3 aromatic rings. The van der Waals surface area contributed by atoms with E-state index in [-0.39, 0.29) is 5.02 Å². The van der Waals surface area contributed by atoms with Crippen molar-refractivity contribution in [2.24, 2.45) is 7.05 Å². The molecule has 0 aliphatic rings. The molecule has 110 valence electrons. The average molecular weight is 308 g/mol. The first-order valence-electron chi connectivity index (χ1n) is 6.48. The summed E-state index contributed by atoms with van der Waals surface area (Å²) < 4.78 is 17.2. The number of anilines is 1. The van der Waals surface area contributed by atoms with Gasteiger partial charge in [0.05, 0.1) is 28.3 Å². The van der Waals surface area contributed by atoms with Crippen LogP contribution < -0.4 is 5.73 Å². The van der Waals surface area contributed by atoms with Crippen LogP contribution in [0.5, 0.6) is 0 Å². The zero-order valence-corrected chi connectivity index (χ0v) is 12.7. The van der Waals surface area contributed by atoms with Crippen LogP contribution in [0.2, 0.25) is 5.02 Å². The molecule has 0 amide bonds. The number of aryl methyl sites for hydroxylation is 2. The summed E-state index contributed by atoms with van der Waals surface area (Å²) in [6, 6.07) is 2.85. The number of nitrogens with zero attached hydrogens (tertiary/aromatic N) is 4. The van der Waals surface area contributed by atoms with E-state index < -0.39 is 5.82 Å². The summed E-state index contributed by atoms with van der Waals surface area (Å²) in [6.07, 6.45) is 0. The Hall–Kier alpha value is -2.08. The number of benzene rings is 1. The minimum absolute atomic E-state index is 0.0586. The number of hydrogen-bond donors (Lipinski definition) is 1. The normalized spacial score (nSPS) is 11.5. The molecule has 0 saturated heterocycles. The third-order valence-corrected chi connectivity index (χ3v) is 4.08. The van der Waals surface area contributed by atoms with Gasteiger partial charge in [0.25, 0.3) is 0 Å². The van der Waals surface area contributed by atoms with E-state index in [1.807, 2.05) is 30.1 Å². The number of rotatable bonds is 2. The summed E-state index contributed by atoms with van der Waals surface area (Å²) >= 11 is 5.87. The van der Waals surface area contributed by atoms with Crippen molar-refractivity contribution >= 4 is 28.6 Å². The minimum atomic E-state index is -0.498. The maximum atomic E-state index is 13.5. The summed E-state index contributed by atoms with van der Waals surface area (Å²) in [4.78, 5) is 4.19. The first-order valence-corrected chi connectivity index (χ1v) is 6.86. The van der Waals surface area contributed by atoms with Crippen molar-refractivity contribution in [3.05, 3.63) is 39.9 Å². The predicted molar refractivity (Wildman–Crippen MR) is 80.9 cm³/mol. The van der Waals surface area contributed by atoms with Crippen LogP contribution in [0.3, 0.4) is 0 Å². The molecule has 0 saturated carbocycles. The van der Waals surface area contributed by atoms with Gasteiger partial charge in [-0.15, -0.1) is 0 Å². The summed E-state index contributed by atoms with van der Waals surface area (Å²) in [5, 5.41) is 4.45. The molecule has 0 aliphatic carbocycles. The Bertz CT molecular complexity index is 849. The van der Waals surface area contributed by atoms with Crippen LogP contribution in [0.25, 0.3) is 11.0 Å². The molecule has 0 atom stereocenters. The van der Waals surface area contributed by atoms with Crippen LogP contribution in [0.1, 0.15) is 17.0 Å². The van der Waals surface area contributed by atoms with E-state index in [9.17, 15) is 4.39 Å². The van der Waals surface area contributed by atoms with Crippen molar-refractivity contribution in [1.29, 1.82) is 0 Å². The quantitative estimate of drug-likeness (QED) is 0.792. The second-order valence-electron chi connectivity index (χ2n) is 5.08. The maximum absolute atomic E-state index is 13.5. The zero-order chi connectivity index (χ0) is 15.3. The SMILES string of the molecule is Cc1nn(C)c(C)c1Cn1c(N)nc2cc(F)c(Cl)cc21. The second-order valence-corrected chi connectivity index (χ2v) is 5.49. The van der Waals surface area contributed by atoms with E-state index in [0.717, 1.165) is 17.0 Å². The molecule has 0 unspecified atom stereocenters.